The van der Waals surface area contributed by atoms with Crippen molar-refractivity contribution in [1.29, 1.82) is 0 Å². The smallest absolute Gasteiger partial charge is 0.335 e. The number of ether oxygens (including phenoxy) is 2. The molecule has 3 aromatic carbocycles. The number of benzene rings is 3. The number of carbonyl (C=O) groups excluding carboxylic acids is 3. The lowest BCUT2D eigenvalue weighted by Gasteiger charge is -2.28. The molecular weight excluding hydrogens is 590 g/mol. The zero-order valence-corrected chi connectivity index (χ0v) is 22.4. The van der Waals surface area contributed by atoms with Crippen molar-refractivity contribution in [2.45, 2.75) is 26.9 Å². The molecule has 1 aliphatic rings. The van der Waals surface area contributed by atoms with Gasteiger partial charge < -0.3 is 9.47 Å². The molecule has 0 atom stereocenters. The maximum Gasteiger partial charge on any atom is 0.335 e. The van der Waals surface area contributed by atoms with Gasteiger partial charge in [0.15, 0.2) is 11.5 Å². The fourth-order valence-corrected chi connectivity index (χ4v) is 4.69. The second-order valence-electron chi connectivity index (χ2n) is 8.08. The Bertz CT molecular complexity index is 1410. The molecular formula is C28H24FIN2O5. The van der Waals surface area contributed by atoms with E-state index in [0.717, 1.165) is 10.5 Å². The first-order valence-electron chi connectivity index (χ1n) is 11.7. The molecule has 7 nitrogen and oxygen atoms in total. The fourth-order valence-electron chi connectivity index (χ4n) is 3.91. The van der Waals surface area contributed by atoms with Crippen LogP contribution in [0.3, 0.4) is 0 Å². The van der Waals surface area contributed by atoms with E-state index in [1.165, 1.54) is 12.1 Å². The van der Waals surface area contributed by atoms with Gasteiger partial charge in [-0.05, 0) is 77.4 Å². The van der Waals surface area contributed by atoms with E-state index in [0.29, 0.717) is 44.9 Å². The van der Waals surface area contributed by atoms with Crippen molar-refractivity contribution >= 4 is 52.2 Å². The maximum absolute atomic E-state index is 14.1. The minimum Gasteiger partial charge on any atom is -0.490 e. The Morgan fingerprint density at radius 3 is 2.38 bits per heavy atom. The molecule has 1 aliphatic heterocycles. The molecule has 0 bridgehead atoms. The minimum absolute atomic E-state index is 0.00200. The summed E-state index contributed by atoms with van der Waals surface area (Å²) in [5, 5.41) is 2.26. The van der Waals surface area contributed by atoms with Crippen LogP contribution in [0.2, 0.25) is 0 Å². The quantitative estimate of drug-likeness (QED) is 0.202. The standard InChI is InChI=1S/C28H24FIN2O5/c1-3-18-9-6-8-12-23(18)32-27(34)20(26(33)31-28(32)35)13-17-14-22(30)25(24(15-17)36-4-2)37-16-19-10-5-7-11-21(19)29/h5-15H,3-4,16H2,1-2H3,(H,31,33,35)/b20-13-. The summed E-state index contributed by atoms with van der Waals surface area (Å²) in [7, 11) is 0. The number of urea groups is 1. The van der Waals surface area contributed by atoms with Gasteiger partial charge in [0.1, 0.15) is 18.0 Å². The minimum atomic E-state index is -0.797. The number of barbiturate groups is 1. The van der Waals surface area contributed by atoms with Crippen molar-refractivity contribution in [3.05, 3.63) is 92.3 Å². The lowest BCUT2D eigenvalue weighted by Crippen LogP contribution is -2.54. The summed E-state index contributed by atoms with van der Waals surface area (Å²) in [6, 6.07) is 15.9. The average molecular weight is 614 g/mol. The molecule has 0 aliphatic carbocycles. The number of hydrogen-bond donors (Lipinski definition) is 1. The van der Waals surface area contributed by atoms with Crippen LogP contribution in [-0.4, -0.2) is 24.5 Å². The van der Waals surface area contributed by atoms with Crippen LogP contribution in [-0.2, 0) is 22.6 Å². The van der Waals surface area contributed by atoms with Crippen LogP contribution in [0.15, 0.2) is 66.2 Å². The summed E-state index contributed by atoms with van der Waals surface area (Å²) in [6.45, 7) is 4.06. The van der Waals surface area contributed by atoms with Gasteiger partial charge in [-0.15, -0.1) is 0 Å². The number of rotatable bonds is 8. The monoisotopic (exact) mass is 614 g/mol. The Morgan fingerprint density at radius 2 is 1.68 bits per heavy atom. The van der Waals surface area contributed by atoms with Gasteiger partial charge in [0, 0.05) is 5.56 Å². The maximum atomic E-state index is 14.1. The summed E-state index contributed by atoms with van der Waals surface area (Å²) in [6.07, 6.45) is 2.02. The van der Waals surface area contributed by atoms with Crippen molar-refractivity contribution in [3.63, 3.8) is 0 Å². The summed E-state index contributed by atoms with van der Waals surface area (Å²) in [5.74, 6) is -1.08. The molecule has 0 saturated carbocycles. The van der Waals surface area contributed by atoms with Gasteiger partial charge in [0.2, 0.25) is 0 Å². The highest BCUT2D eigenvalue weighted by Gasteiger charge is 2.37. The third-order valence-electron chi connectivity index (χ3n) is 5.69. The van der Waals surface area contributed by atoms with Crippen LogP contribution in [0, 0.1) is 9.39 Å². The van der Waals surface area contributed by atoms with Gasteiger partial charge in [0.25, 0.3) is 11.8 Å². The predicted octanol–water partition coefficient (Wildman–Crippen LogP) is 5.64. The van der Waals surface area contributed by atoms with Gasteiger partial charge in [-0.25, -0.2) is 14.1 Å². The van der Waals surface area contributed by atoms with Crippen LogP contribution < -0.4 is 19.7 Å². The Balaban J connectivity index is 1.68. The molecule has 0 aromatic heterocycles. The van der Waals surface area contributed by atoms with E-state index in [9.17, 15) is 18.8 Å². The molecule has 0 radical (unpaired) electrons. The van der Waals surface area contributed by atoms with Crippen molar-refractivity contribution in [2.75, 3.05) is 11.5 Å². The third-order valence-corrected chi connectivity index (χ3v) is 6.49. The molecule has 0 unspecified atom stereocenters. The van der Waals surface area contributed by atoms with E-state index in [1.54, 1.807) is 42.5 Å². The highest BCUT2D eigenvalue weighted by molar-refractivity contribution is 14.1. The predicted molar refractivity (Wildman–Crippen MR) is 146 cm³/mol. The van der Waals surface area contributed by atoms with Crippen molar-refractivity contribution in [3.8, 4) is 11.5 Å². The molecule has 1 saturated heterocycles. The fraction of sp³-hybridized carbons (Fsp3) is 0.179. The second kappa shape index (κ2) is 11.5. The number of amides is 4. The highest BCUT2D eigenvalue weighted by atomic mass is 127. The van der Waals surface area contributed by atoms with Crippen molar-refractivity contribution < 1.29 is 28.2 Å². The Kier molecular flexibility index (Phi) is 8.22. The molecule has 1 N–H and O–H groups in total. The largest absolute Gasteiger partial charge is 0.490 e. The molecule has 190 valence electrons. The molecule has 9 heteroatoms. The molecule has 1 fully saturated rings. The lowest BCUT2D eigenvalue weighted by molar-refractivity contribution is -0.122. The van der Waals surface area contributed by atoms with Crippen LogP contribution in [0.4, 0.5) is 14.9 Å². The average Bonchev–Trinajstić information content (AvgIpc) is 2.87. The normalized spacial score (nSPS) is 14.6. The zero-order chi connectivity index (χ0) is 26.5. The summed E-state index contributed by atoms with van der Waals surface area (Å²) in [5.41, 5.74) is 1.93. The van der Waals surface area contributed by atoms with Gasteiger partial charge in [-0.2, -0.15) is 0 Å². The summed E-state index contributed by atoms with van der Waals surface area (Å²) >= 11 is 2.06. The number of nitrogens with one attached hydrogen (secondary N) is 1. The SMILES string of the molecule is CCOc1cc(/C=C2/C(=O)NC(=O)N(c3ccccc3CC)C2=O)cc(I)c1OCc1ccccc1F. The first kappa shape index (κ1) is 26.3. The van der Waals surface area contributed by atoms with E-state index in [-0.39, 0.29) is 18.0 Å². The van der Waals surface area contributed by atoms with E-state index in [2.05, 4.69) is 27.9 Å². The molecule has 3 aromatic rings. The first-order chi connectivity index (χ1) is 17.8. The van der Waals surface area contributed by atoms with E-state index >= 15 is 0 Å². The molecule has 0 spiro atoms. The molecule has 4 amide bonds. The molecule has 4 rings (SSSR count). The van der Waals surface area contributed by atoms with Crippen LogP contribution in [0.25, 0.3) is 6.08 Å². The first-order valence-corrected chi connectivity index (χ1v) is 12.7. The van der Waals surface area contributed by atoms with Crippen molar-refractivity contribution in [2.24, 2.45) is 0 Å². The van der Waals surface area contributed by atoms with Crippen LogP contribution >= 0.6 is 22.6 Å². The lowest BCUT2D eigenvalue weighted by atomic mass is 10.0. The number of aryl methyl sites for hydroxylation is 1. The molecule has 37 heavy (non-hydrogen) atoms. The second-order valence-corrected chi connectivity index (χ2v) is 9.25. The summed E-state index contributed by atoms with van der Waals surface area (Å²) in [4.78, 5) is 39.6. The number of imide groups is 2. The van der Waals surface area contributed by atoms with Crippen molar-refractivity contribution in [1.82, 2.24) is 5.32 Å². The number of anilines is 1. The highest BCUT2D eigenvalue weighted by Crippen LogP contribution is 2.36. The number of hydrogen-bond acceptors (Lipinski definition) is 5. The van der Waals surface area contributed by atoms with Gasteiger partial charge in [-0.3, -0.25) is 14.9 Å². The van der Waals surface area contributed by atoms with Gasteiger partial charge >= 0.3 is 6.03 Å². The topological polar surface area (TPSA) is 84.9 Å². The Labute approximate surface area is 227 Å². The van der Waals surface area contributed by atoms with Crippen LogP contribution in [0.5, 0.6) is 11.5 Å². The van der Waals surface area contributed by atoms with Gasteiger partial charge in [-0.1, -0.05) is 43.3 Å². The number of para-hydroxylation sites is 1. The Morgan fingerprint density at radius 1 is 0.973 bits per heavy atom. The Hall–Kier alpha value is -3.73. The molecule has 1 heterocycles. The van der Waals surface area contributed by atoms with E-state index in [1.807, 2.05) is 26.0 Å². The van der Waals surface area contributed by atoms with E-state index in [4.69, 9.17) is 9.47 Å². The van der Waals surface area contributed by atoms with Crippen LogP contribution in [0.1, 0.15) is 30.5 Å². The number of carbonyl (C=O) groups is 3. The van der Waals surface area contributed by atoms with E-state index < -0.39 is 17.8 Å². The summed E-state index contributed by atoms with van der Waals surface area (Å²) < 4.78 is 26.3. The van der Waals surface area contributed by atoms with Gasteiger partial charge in [0.05, 0.1) is 15.9 Å². The number of halogens is 2. The number of nitrogens with zero attached hydrogens (tertiary/aromatic N) is 1. The zero-order valence-electron chi connectivity index (χ0n) is 20.2. The third kappa shape index (κ3) is 5.66.